The zero-order chi connectivity index (χ0) is 27.6. The average Bonchev–Trinajstić information content (AvgIpc) is 3.38. The van der Waals surface area contributed by atoms with E-state index >= 15 is 0 Å². The summed E-state index contributed by atoms with van der Waals surface area (Å²) in [6.07, 6.45) is 0.833. The minimum absolute atomic E-state index is 0.0536. The smallest absolute Gasteiger partial charge is 0.254 e. The number of nitrogens with zero attached hydrogens (tertiary/aromatic N) is 2. The van der Waals surface area contributed by atoms with Crippen LogP contribution in [0, 0.1) is 0 Å². The molecule has 2 heterocycles. The van der Waals surface area contributed by atoms with Crippen molar-refractivity contribution < 1.29 is 19.1 Å². The Balaban J connectivity index is 1.23. The second kappa shape index (κ2) is 10.8. The van der Waals surface area contributed by atoms with E-state index in [0.717, 1.165) is 27.5 Å². The summed E-state index contributed by atoms with van der Waals surface area (Å²) in [4.78, 5) is 43.2. The van der Waals surface area contributed by atoms with Gasteiger partial charge in [0.2, 0.25) is 11.8 Å². The lowest BCUT2D eigenvalue weighted by atomic mass is 9.98. The number of nitrogens with one attached hydrogen (secondary N) is 1. The molecule has 6 rings (SSSR count). The highest BCUT2D eigenvalue weighted by molar-refractivity contribution is 6.02. The summed E-state index contributed by atoms with van der Waals surface area (Å²) in [5.41, 5.74) is 3.09. The normalized spacial score (nSPS) is 19.1. The van der Waals surface area contributed by atoms with Crippen LogP contribution in [0.25, 0.3) is 21.9 Å². The Morgan fingerprint density at radius 2 is 1.57 bits per heavy atom. The first kappa shape index (κ1) is 25.6. The lowest BCUT2D eigenvalue weighted by Gasteiger charge is -2.28. The van der Waals surface area contributed by atoms with Gasteiger partial charge in [0.1, 0.15) is 12.4 Å². The summed E-state index contributed by atoms with van der Waals surface area (Å²) in [6, 6.07) is 28.6. The summed E-state index contributed by atoms with van der Waals surface area (Å²) < 4.78 is 6.31. The van der Waals surface area contributed by atoms with Gasteiger partial charge in [-0.1, -0.05) is 78.9 Å². The third-order valence-electron chi connectivity index (χ3n) is 7.82. The van der Waals surface area contributed by atoms with Crippen LogP contribution in [0.1, 0.15) is 22.3 Å². The molecule has 0 radical (unpaired) electrons. The van der Waals surface area contributed by atoms with Gasteiger partial charge in [0.05, 0.1) is 19.0 Å². The topological polar surface area (TPSA) is 79.0 Å². The highest BCUT2D eigenvalue weighted by Gasteiger charge is 2.37. The zero-order valence-electron chi connectivity index (χ0n) is 22.4. The van der Waals surface area contributed by atoms with Crippen molar-refractivity contribution >= 4 is 28.5 Å². The van der Waals surface area contributed by atoms with E-state index in [1.165, 1.54) is 4.90 Å². The van der Waals surface area contributed by atoms with Crippen LogP contribution in [-0.2, 0) is 16.0 Å². The van der Waals surface area contributed by atoms with Gasteiger partial charge in [-0.25, -0.2) is 0 Å². The monoisotopic (exact) mass is 533 g/mol. The lowest BCUT2D eigenvalue weighted by molar-refractivity contribution is -0.133. The molecule has 202 valence electrons. The van der Waals surface area contributed by atoms with Gasteiger partial charge in [-0.05, 0) is 40.5 Å². The Bertz CT molecular complexity index is 1590. The van der Waals surface area contributed by atoms with E-state index in [-0.39, 0.29) is 49.4 Å². The van der Waals surface area contributed by atoms with Crippen molar-refractivity contribution in [2.45, 2.75) is 24.9 Å². The summed E-state index contributed by atoms with van der Waals surface area (Å²) in [5.74, 6) is 0.180. The number of likely N-dealkylation sites (N-methyl/N-ethyl adjacent to an activating group) is 1. The molecule has 2 aliphatic heterocycles. The average molecular weight is 534 g/mol. The van der Waals surface area contributed by atoms with Crippen LogP contribution in [0.5, 0.6) is 5.75 Å². The van der Waals surface area contributed by atoms with E-state index in [4.69, 9.17) is 4.74 Å². The third kappa shape index (κ3) is 5.02. The molecular formula is C33H31N3O4. The molecule has 2 aliphatic rings. The standard InChI is InChI=1S/C33H31N3O4/c1-35-20-32(38)36-19-24(34-31(37)17-23-11-8-10-22-9-2-3-12-26(22)23)18-25(36)21-40-30-16-7-6-14-28(30)27-13-4-5-15-29(27)33(35)39/h2-16,24-25H,17-21H2,1H3,(H,34,37)/t24-,25+/m1/s1. The number of carbonyl (C=O) groups is 3. The highest BCUT2D eigenvalue weighted by atomic mass is 16.5. The number of para-hydroxylation sites is 1. The summed E-state index contributed by atoms with van der Waals surface area (Å²) in [7, 11) is 1.65. The van der Waals surface area contributed by atoms with Gasteiger partial charge < -0.3 is 19.9 Å². The maximum absolute atomic E-state index is 13.5. The van der Waals surface area contributed by atoms with E-state index in [2.05, 4.69) is 5.32 Å². The first-order valence-corrected chi connectivity index (χ1v) is 13.6. The summed E-state index contributed by atoms with van der Waals surface area (Å²) in [5, 5.41) is 5.31. The molecule has 1 fully saturated rings. The summed E-state index contributed by atoms with van der Waals surface area (Å²) in [6.45, 7) is 0.606. The maximum atomic E-state index is 13.5. The molecular weight excluding hydrogens is 502 g/mol. The van der Waals surface area contributed by atoms with Gasteiger partial charge in [-0.2, -0.15) is 0 Å². The predicted molar refractivity (Wildman–Crippen MR) is 154 cm³/mol. The van der Waals surface area contributed by atoms with Crippen LogP contribution in [0.2, 0.25) is 0 Å². The molecule has 2 atom stereocenters. The van der Waals surface area contributed by atoms with Crippen LogP contribution in [-0.4, -0.2) is 66.3 Å². The number of amides is 3. The Kier molecular flexibility index (Phi) is 6.95. The largest absolute Gasteiger partial charge is 0.491 e. The lowest BCUT2D eigenvalue weighted by Crippen LogP contribution is -2.46. The molecule has 40 heavy (non-hydrogen) atoms. The van der Waals surface area contributed by atoms with Crippen molar-refractivity contribution in [2.75, 3.05) is 26.7 Å². The molecule has 0 bridgehead atoms. The molecule has 1 N–H and O–H groups in total. The first-order valence-electron chi connectivity index (χ1n) is 13.6. The highest BCUT2D eigenvalue weighted by Crippen LogP contribution is 2.34. The van der Waals surface area contributed by atoms with Crippen LogP contribution < -0.4 is 10.1 Å². The Labute approximate surface area is 233 Å². The van der Waals surface area contributed by atoms with E-state index in [1.807, 2.05) is 84.9 Å². The van der Waals surface area contributed by atoms with Crippen LogP contribution in [0.15, 0.2) is 91.0 Å². The van der Waals surface area contributed by atoms with Crippen LogP contribution in [0.4, 0.5) is 0 Å². The van der Waals surface area contributed by atoms with E-state index in [9.17, 15) is 14.4 Å². The number of hydrogen-bond donors (Lipinski definition) is 1. The van der Waals surface area contributed by atoms with Crippen LogP contribution >= 0.6 is 0 Å². The fraction of sp³-hybridized carbons (Fsp3) is 0.242. The second-order valence-corrected chi connectivity index (χ2v) is 10.5. The van der Waals surface area contributed by atoms with Crippen molar-refractivity contribution in [3.05, 3.63) is 102 Å². The van der Waals surface area contributed by atoms with Crippen molar-refractivity contribution in [3.8, 4) is 16.9 Å². The Morgan fingerprint density at radius 1 is 0.875 bits per heavy atom. The molecule has 0 unspecified atom stereocenters. The molecule has 1 saturated heterocycles. The number of hydrogen-bond acceptors (Lipinski definition) is 4. The fourth-order valence-electron chi connectivity index (χ4n) is 5.86. The molecule has 4 aromatic rings. The first-order chi connectivity index (χ1) is 19.5. The number of carbonyl (C=O) groups excluding carboxylic acids is 3. The Morgan fingerprint density at radius 3 is 2.42 bits per heavy atom. The number of fused-ring (bicyclic) bond motifs is 5. The van der Waals surface area contributed by atoms with Gasteiger partial charge >= 0.3 is 0 Å². The van der Waals surface area contributed by atoms with Crippen molar-refractivity contribution in [2.24, 2.45) is 0 Å². The van der Waals surface area contributed by atoms with Gasteiger partial charge in [-0.15, -0.1) is 0 Å². The number of benzene rings is 4. The second-order valence-electron chi connectivity index (χ2n) is 10.5. The maximum Gasteiger partial charge on any atom is 0.254 e. The summed E-state index contributed by atoms with van der Waals surface area (Å²) >= 11 is 0. The number of rotatable bonds is 3. The fourth-order valence-corrected chi connectivity index (χ4v) is 5.86. The molecule has 0 aliphatic carbocycles. The molecule has 0 spiro atoms. The molecule has 0 saturated carbocycles. The van der Waals surface area contributed by atoms with Gasteiger partial charge in [0.15, 0.2) is 0 Å². The third-order valence-corrected chi connectivity index (χ3v) is 7.82. The van der Waals surface area contributed by atoms with Crippen LogP contribution in [0.3, 0.4) is 0 Å². The zero-order valence-corrected chi connectivity index (χ0v) is 22.4. The van der Waals surface area contributed by atoms with Crippen molar-refractivity contribution in [3.63, 3.8) is 0 Å². The molecule has 7 nitrogen and oxygen atoms in total. The van der Waals surface area contributed by atoms with Gasteiger partial charge in [-0.3, -0.25) is 14.4 Å². The van der Waals surface area contributed by atoms with E-state index in [0.29, 0.717) is 24.3 Å². The van der Waals surface area contributed by atoms with Crippen molar-refractivity contribution in [1.29, 1.82) is 0 Å². The van der Waals surface area contributed by atoms with Gasteiger partial charge in [0, 0.05) is 30.8 Å². The van der Waals surface area contributed by atoms with Gasteiger partial charge in [0.25, 0.3) is 5.91 Å². The number of ether oxygens (including phenoxy) is 1. The minimum Gasteiger partial charge on any atom is -0.491 e. The van der Waals surface area contributed by atoms with E-state index in [1.54, 1.807) is 18.0 Å². The quantitative estimate of drug-likeness (QED) is 0.426. The SMILES string of the molecule is CN1CC(=O)N2C[C@H](NC(=O)Cc3cccc4ccccc34)C[C@H]2COc2ccccc2-c2ccccc2C1=O. The minimum atomic E-state index is -0.235. The van der Waals surface area contributed by atoms with E-state index < -0.39 is 0 Å². The molecule has 3 amide bonds. The molecule has 4 aromatic carbocycles. The Hall–Kier alpha value is -4.65. The molecule has 7 heteroatoms. The predicted octanol–water partition coefficient (Wildman–Crippen LogP) is 4.30. The van der Waals surface area contributed by atoms with Crippen molar-refractivity contribution in [1.82, 2.24) is 15.1 Å². The molecule has 0 aromatic heterocycles.